The van der Waals surface area contributed by atoms with Crippen molar-refractivity contribution in [2.45, 2.75) is 44.7 Å². The van der Waals surface area contributed by atoms with Crippen LogP contribution in [0.3, 0.4) is 0 Å². The van der Waals surface area contributed by atoms with Crippen LogP contribution in [0.25, 0.3) is 0 Å². The standard InChI is InChI=1S/C17H23N3O4S2/c1-12-4-6-15(7-5-12)10-18-26(23,24)17-13(2)19-20(14(17)3)16-8-9-25(21,22)11-16/h4-7,16,18H,8-11H2,1-3H3. The zero-order valence-corrected chi connectivity index (χ0v) is 16.7. The molecule has 1 N–H and O–H groups in total. The summed E-state index contributed by atoms with van der Waals surface area (Å²) in [5.74, 6) is 0.120. The summed E-state index contributed by atoms with van der Waals surface area (Å²) in [6.45, 7) is 5.46. The van der Waals surface area contributed by atoms with Crippen LogP contribution in [0.2, 0.25) is 0 Å². The molecule has 1 saturated heterocycles. The quantitative estimate of drug-likeness (QED) is 0.827. The van der Waals surface area contributed by atoms with E-state index >= 15 is 0 Å². The van der Waals surface area contributed by atoms with Crippen molar-refractivity contribution in [2.75, 3.05) is 11.5 Å². The van der Waals surface area contributed by atoms with Crippen LogP contribution in [-0.2, 0) is 26.4 Å². The molecule has 1 atom stereocenters. The minimum absolute atomic E-state index is 0.00520. The SMILES string of the molecule is Cc1ccc(CNS(=O)(=O)c2c(C)nn(C3CCS(=O)(=O)C3)c2C)cc1. The Bertz CT molecular complexity index is 1020. The molecule has 142 valence electrons. The number of aromatic nitrogens is 2. The van der Waals surface area contributed by atoms with E-state index in [0.29, 0.717) is 17.8 Å². The molecule has 2 aromatic rings. The van der Waals surface area contributed by atoms with Crippen molar-refractivity contribution in [3.05, 3.63) is 46.8 Å². The monoisotopic (exact) mass is 397 g/mol. The maximum absolute atomic E-state index is 12.8. The first-order valence-corrected chi connectivity index (χ1v) is 11.7. The van der Waals surface area contributed by atoms with Gasteiger partial charge in [0.15, 0.2) is 9.84 Å². The normalized spacial score (nSPS) is 19.7. The summed E-state index contributed by atoms with van der Waals surface area (Å²) in [6.07, 6.45) is 0.459. The number of aryl methyl sites for hydroxylation is 2. The number of hydrogen-bond donors (Lipinski definition) is 1. The molecule has 1 unspecified atom stereocenters. The van der Waals surface area contributed by atoms with Crippen molar-refractivity contribution in [1.82, 2.24) is 14.5 Å². The largest absolute Gasteiger partial charge is 0.264 e. The molecule has 1 fully saturated rings. The van der Waals surface area contributed by atoms with Gasteiger partial charge in [0.2, 0.25) is 10.0 Å². The Morgan fingerprint density at radius 1 is 1.19 bits per heavy atom. The van der Waals surface area contributed by atoms with Gasteiger partial charge in [-0.2, -0.15) is 5.10 Å². The Morgan fingerprint density at radius 2 is 1.85 bits per heavy atom. The summed E-state index contributed by atoms with van der Waals surface area (Å²) < 4.78 is 53.2. The molecule has 1 aliphatic rings. The first kappa shape index (κ1) is 19.1. The summed E-state index contributed by atoms with van der Waals surface area (Å²) in [6, 6.07) is 7.31. The first-order chi connectivity index (χ1) is 12.1. The number of rotatable bonds is 5. The Hall–Kier alpha value is -1.71. The van der Waals surface area contributed by atoms with E-state index in [1.807, 2.05) is 31.2 Å². The van der Waals surface area contributed by atoms with Crippen molar-refractivity contribution >= 4 is 19.9 Å². The number of sulfone groups is 1. The zero-order valence-electron chi connectivity index (χ0n) is 15.1. The van der Waals surface area contributed by atoms with Crippen LogP contribution in [0, 0.1) is 20.8 Å². The van der Waals surface area contributed by atoms with Crippen molar-refractivity contribution in [2.24, 2.45) is 0 Å². The molecule has 1 aliphatic heterocycles. The van der Waals surface area contributed by atoms with E-state index in [0.717, 1.165) is 11.1 Å². The van der Waals surface area contributed by atoms with E-state index in [1.54, 1.807) is 18.5 Å². The highest BCUT2D eigenvalue weighted by Gasteiger charge is 2.33. The fourth-order valence-electron chi connectivity index (χ4n) is 3.32. The molecule has 26 heavy (non-hydrogen) atoms. The molecule has 0 saturated carbocycles. The minimum atomic E-state index is -3.75. The second-order valence-corrected chi connectivity index (χ2v) is 10.7. The van der Waals surface area contributed by atoms with E-state index in [9.17, 15) is 16.8 Å². The number of benzene rings is 1. The fourth-order valence-corrected chi connectivity index (χ4v) is 6.42. The highest BCUT2D eigenvalue weighted by Crippen LogP contribution is 2.28. The van der Waals surface area contributed by atoms with E-state index in [4.69, 9.17) is 0 Å². The van der Waals surface area contributed by atoms with Crippen LogP contribution in [0.15, 0.2) is 29.2 Å². The molecular formula is C17H23N3O4S2. The number of sulfonamides is 1. The third-order valence-corrected chi connectivity index (χ3v) is 8.07. The van der Waals surface area contributed by atoms with Gasteiger partial charge in [-0.3, -0.25) is 4.68 Å². The molecule has 0 bridgehead atoms. The predicted molar refractivity (Wildman–Crippen MR) is 99.2 cm³/mol. The number of nitrogens with one attached hydrogen (secondary N) is 1. The number of hydrogen-bond acceptors (Lipinski definition) is 5. The smallest absolute Gasteiger partial charge is 0.244 e. The molecule has 0 spiro atoms. The minimum Gasteiger partial charge on any atom is -0.264 e. The molecule has 0 amide bonds. The van der Waals surface area contributed by atoms with Crippen molar-refractivity contribution in [1.29, 1.82) is 0 Å². The maximum Gasteiger partial charge on any atom is 0.244 e. The molecule has 1 aromatic heterocycles. The third-order valence-electron chi connectivity index (χ3n) is 4.67. The molecule has 9 heteroatoms. The summed E-state index contributed by atoms with van der Waals surface area (Å²) in [7, 11) is -6.83. The van der Waals surface area contributed by atoms with Gasteiger partial charge in [0, 0.05) is 6.54 Å². The lowest BCUT2D eigenvalue weighted by Crippen LogP contribution is -2.24. The van der Waals surface area contributed by atoms with E-state index in [2.05, 4.69) is 9.82 Å². The summed E-state index contributed by atoms with van der Waals surface area (Å²) in [5.41, 5.74) is 2.82. The van der Waals surface area contributed by atoms with Gasteiger partial charge in [0.25, 0.3) is 0 Å². The zero-order chi connectivity index (χ0) is 19.1. The highest BCUT2D eigenvalue weighted by molar-refractivity contribution is 7.91. The predicted octanol–water partition coefficient (Wildman–Crippen LogP) is 1.65. The molecular weight excluding hydrogens is 374 g/mol. The average Bonchev–Trinajstić information content (AvgIpc) is 3.06. The topological polar surface area (TPSA) is 98.1 Å². The van der Waals surface area contributed by atoms with Gasteiger partial charge >= 0.3 is 0 Å². The van der Waals surface area contributed by atoms with Crippen molar-refractivity contribution in [3.63, 3.8) is 0 Å². The highest BCUT2D eigenvalue weighted by atomic mass is 32.2. The van der Waals surface area contributed by atoms with E-state index in [1.165, 1.54) is 0 Å². The molecule has 3 rings (SSSR count). The molecule has 1 aromatic carbocycles. The fraction of sp³-hybridized carbons (Fsp3) is 0.471. The third kappa shape index (κ3) is 3.84. The summed E-state index contributed by atoms with van der Waals surface area (Å²) >= 11 is 0. The van der Waals surface area contributed by atoms with Crippen LogP contribution in [0.1, 0.15) is 35.0 Å². The van der Waals surface area contributed by atoms with Crippen LogP contribution in [-0.4, -0.2) is 38.1 Å². The lowest BCUT2D eigenvalue weighted by atomic mass is 10.2. The van der Waals surface area contributed by atoms with Crippen LogP contribution in [0.5, 0.6) is 0 Å². The van der Waals surface area contributed by atoms with Gasteiger partial charge in [-0.05, 0) is 32.8 Å². The van der Waals surface area contributed by atoms with Gasteiger partial charge in [-0.1, -0.05) is 29.8 Å². The Labute approximate surface area is 154 Å². The lowest BCUT2D eigenvalue weighted by molar-refractivity contribution is 0.484. The van der Waals surface area contributed by atoms with Crippen LogP contribution in [0.4, 0.5) is 0 Å². The Balaban J connectivity index is 1.85. The second-order valence-electron chi connectivity index (χ2n) is 6.81. The lowest BCUT2D eigenvalue weighted by Gasteiger charge is -2.12. The Kier molecular flexibility index (Phi) is 4.98. The molecule has 0 aliphatic carbocycles. The van der Waals surface area contributed by atoms with Gasteiger partial charge in [0.1, 0.15) is 4.90 Å². The summed E-state index contributed by atoms with van der Waals surface area (Å²) in [4.78, 5) is 0.133. The molecule has 0 radical (unpaired) electrons. The van der Waals surface area contributed by atoms with Crippen LogP contribution >= 0.6 is 0 Å². The van der Waals surface area contributed by atoms with Gasteiger partial charge < -0.3 is 0 Å². The van der Waals surface area contributed by atoms with Crippen molar-refractivity contribution < 1.29 is 16.8 Å². The van der Waals surface area contributed by atoms with Crippen molar-refractivity contribution in [3.8, 4) is 0 Å². The summed E-state index contributed by atoms with van der Waals surface area (Å²) in [5, 5.41) is 4.32. The van der Waals surface area contributed by atoms with Crippen LogP contribution < -0.4 is 4.72 Å². The van der Waals surface area contributed by atoms with Gasteiger partial charge in [0.05, 0.1) is 28.9 Å². The van der Waals surface area contributed by atoms with E-state index < -0.39 is 19.9 Å². The Morgan fingerprint density at radius 3 is 2.42 bits per heavy atom. The molecule has 2 heterocycles. The van der Waals surface area contributed by atoms with Gasteiger partial charge in [-0.25, -0.2) is 21.6 Å². The van der Waals surface area contributed by atoms with Gasteiger partial charge in [-0.15, -0.1) is 0 Å². The first-order valence-electron chi connectivity index (χ1n) is 8.40. The second kappa shape index (κ2) is 6.79. The van der Waals surface area contributed by atoms with E-state index in [-0.39, 0.29) is 29.0 Å². The number of nitrogens with zero attached hydrogens (tertiary/aromatic N) is 2. The average molecular weight is 398 g/mol. The molecule has 7 nitrogen and oxygen atoms in total. The maximum atomic E-state index is 12.8.